The zero-order chi connectivity index (χ0) is 26.8. The molecule has 5 nitrogen and oxygen atoms in total. The number of alkyl halides is 1. The molecule has 0 unspecified atom stereocenters. The molecule has 210 valence electrons. The molecule has 0 spiro atoms. The van der Waals surface area contributed by atoms with E-state index >= 15 is 0 Å². The van der Waals surface area contributed by atoms with Crippen LogP contribution in [0.5, 0.6) is 17.2 Å². The fraction of sp³-hybridized carbons (Fsp3) is 0.382. The van der Waals surface area contributed by atoms with Gasteiger partial charge in [-0.3, -0.25) is 14.1 Å². The van der Waals surface area contributed by atoms with Gasteiger partial charge < -0.3 is 14.6 Å². The maximum Gasteiger partial charge on any atom is 0.174 e. The Balaban J connectivity index is 0.00000323. The molecule has 1 fully saturated rings. The molecule has 0 aromatic heterocycles. The molecule has 0 amide bonds. The first-order valence-electron chi connectivity index (χ1n) is 14.0. The highest BCUT2D eigenvalue weighted by molar-refractivity contribution is 6.00. The van der Waals surface area contributed by atoms with Crippen LogP contribution in [-0.2, 0) is 17.6 Å². The number of benzene rings is 3. The van der Waals surface area contributed by atoms with Crippen LogP contribution in [0.25, 0.3) is 11.1 Å². The Kier molecular flexibility index (Phi) is 8.55. The van der Waals surface area contributed by atoms with Crippen molar-refractivity contribution >= 4 is 16.9 Å². The normalized spacial score (nSPS) is 18.8. The number of allylic oxidation sites excluding steroid dienone is 1. The SMILES string of the molecule is C.O=C1COc2ccc(C3=C(c4ccc(O[C@H]5CCN(CCCF)C5)cc4)c4ccc(O)cc4CCC3)cc2C1. The largest absolute Gasteiger partial charge is 0.508 e. The van der Waals surface area contributed by atoms with Crippen LogP contribution in [0, 0.1) is 0 Å². The molecule has 3 aromatic rings. The second kappa shape index (κ2) is 12.3. The van der Waals surface area contributed by atoms with Gasteiger partial charge in [0, 0.05) is 31.6 Å². The number of likely N-dealkylation sites (tertiary alicyclic amines) is 1. The smallest absolute Gasteiger partial charge is 0.174 e. The van der Waals surface area contributed by atoms with Crippen LogP contribution in [0.1, 0.15) is 60.9 Å². The molecule has 0 radical (unpaired) electrons. The molecule has 0 saturated carbocycles. The predicted molar refractivity (Wildman–Crippen MR) is 157 cm³/mol. The van der Waals surface area contributed by atoms with Crippen molar-refractivity contribution in [1.29, 1.82) is 0 Å². The van der Waals surface area contributed by atoms with Crippen LogP contribution in [0.15, 0.2) is 60.7 Å². The molecule has 1 aliphatic carbocycles. The summed E-state index contributed by atoms with van der Waals surface area (Å²) in [4.78, 5) is 14.3. The van der Waals surface area contributed by atoms with Crippen molar-refractivity contribution in [3.63, 3.8) is 0 Å². The van der Waals surface area contributed by atoms with Gasteiger partial charge in [0.25, 0.3) is 0 Å². The van der Waals surface area contributed by atoms with E-state index in [1.54, 1.807) is 6.07 Å². The number of rotatable bonds is 7. The van der Waals surface area contributed by atoms with Crippen LogP contribution in [0.2, 0.25) is 0 Å². The first-order valence-corrected chi connectivity index (χ1v) is 14.0. The zero-order valence-electron chi connectivity index (χ0n) is 22.1. The summed E-state index contributed by atoms with van der Waals surface area (Å²) in [5.74, 6) is 2.00. The third-order valence-corrected chi connectivity index (χ3v) is 8.00. The number of aromatic hydroxyl groups is 1. The number of halogens is 1. The standard InChI is InChI=1S/C33H34FNO4.CH4/c34-14-2-15-35-16-13-29(20-35)39-28-9-5-22(6-10-28)33-30(4-1-3-23-18-26(36)8-11-31(23)33)24-7-12-32-25(17-24)19-27(37)21-38-32;/h5-12,17-18,29,36H,1-4,13-16,19-21H2;1H4/t29-;/m0./s1. The average Bonchev–Trinajstić information content (AvgIpc) is 3.30. The minimum absolute atomic E-state index is 0. The molecule has 2 aliphatic heterocycles. The Morgan fingerprint density at radius 2 is 1.82 bits per heavy atom. The van der Waals surface area contributed by atoms with E-state index in [4.69, 9.17) is 9.47 Å². The van der Waals surface area contributed by atoms with Crippen molar-refractivity contribution in [1.82, 2.24) is 4.90 Å². The summed E-state index contributed by atoms with van der Waals surface area (Å²) in [6.07, 6.45) is 4.76. The molecule has 6 rings (SSSR count). The van der Waals surface area contributed by atoms with E-state index < -0.39 is 0 Å². The monoisotopic (exact) mass is 543 g/mol. The highest BCUT2D eigenvalue weighted by atomic mass is 19.1. The molecule has 1 saturated heterocycles. The summed E-state index contributed by atoms with van der Waals surface area (Å²) in [7, 11) is 0. The van der Waals surface area contributed by atoms with Gasteiger partial charge in [0.1, 0.15) is 30.0 Å². The maximum absolute atomic E-state index is 12.6. The van der Waals surface area contributed by atoms with Gasteiger partial charge in [-0.2, -0.15) is 0 Å². The molecule has 0 bridgehead atoms. The van der Waals surface area contributed by atoms with Gasteiger partial charge in [0.05, 0.1) is 6.67 Å². The van der Waals surface area contributed by atoms with E-state index in [0.717, 1.165) is 90.2 Å². The van der Waals surface area contributed by atoms with Crippen molar-refractivity contribution in [2.75, 3.05) is 32.9 Å². The van der Waals surface area contributed by atoms with Crippen molar-refractivity contribution in [3.05, 3.63) is 88.5 Å². The van der Waals surface area contributed by atoms with Crippen LogP contribution in [-0.4, -0.2) is 54.8 Å². The number of carbonyl (C=O) groups excluding carboxylic acids is 1. The topological polar surface area (TPSA) is 59.0 Å². The quantitative estimate of drug-likeness (QED) is 0.362. The van der Waals surface area contributed by atoms with E-state index in [1.165, 1.54) is 5.57 Å². The number of phenols is 1. The van der Waals surface area contributed by atoms with Crippen LogP contribution < -0.4 is 9.47 Å². The van der Waals surface area contributed by atoms with Gasteiger partial charge in [-0.25, -0.2) is 0 Å². The van der Waals surface area contributed by atoms with Gasteiger partial charge in [0.2, 0.25) is 0 Å². The second-order valence-electron chi connectivity index (χ2n) is 10.8. The molecular weight excluding hydrogens is 505 g/mol. The summed E-state index contributed by atoms with van der Waals surface area (Å²) < 4.78 is 24.5. The van der Waals surface area contributed by atoms with Crippen molar-refractivity contribution in [3.8, 4) is 17.2 Å². The van der Waals surface area contributed by atoms with Gasteiger partial charge in [-0.1, -0.05) is 31.7 Å². The van der Waals surface area contributed by atoms with Gasteiger partial charge in [-0.05, 0) is 102 Å². The number of ketones is 1. The first-order chi connectivity index (χ1) is 19.1. The summed E-state index contributed by atoms with van der Waals surface area (Å²) in [5.41, 5.74) is 7.76. The Morgan fingerprint density at radius 3 is 2.65 bits per heavy atom. The maximum atomic E-state index is 12.6. The Labute approximate surface area is 236 Å². The van der Waals surface area contributed by atoms with Gasteiger partial charge >= 0.3 is 0 Å². The fourth-order valence-corrected chi connectivity index (χ4v) is 6.13. The molecule has 1 N–H and O–H groups in total. The molecule has 1 atom stereocenters. The van der Waals surface area contributed by atoms with E-state index in [2.05, 4.69) is 29.2 Å². The lowest BCUT2D eigenvalue weighted by atomic mass is 9.87. The molecule has 3 aromatic carbocycles. The lowest BCUT2D eigenvalue weighted by molar-refractivity contribution is -0.121. The predicted octanol–water partition coefficient (Wildman–Crippen LogP) is 6.64. The molecule has 6 heteroatoms. The van der Waals surface area contributed by atoms with Crippen LogP contribution >= 0.6 is 0 Å². The Hall–Kier alpha value is -3.64. The zero-order valence-corrected chi connectivity index (χ0v) is 22.1. The van der Waals surface area contributed by atoms with Gasteiger partial charge in [0.15, 0.2) is 5.78 Å². The van der Waals surface area contributed by atoms with Crippen molar-refractivity contribution in [2.45, 2.75) is 52.1 Å². The van der Waals surface area contributed by atoms with E-state index in [9.17, 15) is 14.3 Å². The number of phenolic OH excluding ortho intramolecular Hbond substituents is 1. The summed E-state index contributed by atoms with van der Waals surface area (Å²) in [5, 5.41) is 10.2. The third-order valence-electron chi connectivity index (χ3n) is 8.00. The number of Topliss-reactive ketones (excluding diaryl/α,β-unsaturated/α-hetero) is 1. The molecule has 3 aliphatic rings. The summed E-state index contributed by atoms with van der Waals surface area (Å²) in [6.45, 7) is 2.42. The Morgan fingerprint density at radius 1 is 1.00 bits per heavy atom. The number of hydrogen-bond donors (Lipinski definition) is 1. The Bertz CT molecular complexity index is 1400. The van der Waals surface area contributed by atoms with E-state index in [1.807, 2.05) is 30.3 Å². The first kappa shape index (κ1) is 27.9. The van der Waals surface area contributed by atoms with E-state index in [0.29, 0.717) is 12.8 Å². The number of ether oxygens (including phenoxy) is 2. The van der Waals surface area contributed by atoms with Crippen LogP contribution in [0.3, 0.4) is 0 Å². The molecule has 40 heavy (non-hydrogen) atoms. The molecule has 2 heterocycles. The minimum atomic E-state index is -0.276. The van der Waals surface area contributed by atoms with Crippen molar-refractivity contribution in [2.24, 2.45) is 0 Å². The number of aryl methyl sites for hydroxylation is 1. The van der Waals surface area contributed by atoms with Crippen LogP contribution in [0.4, 0.5) is 4.39 Å². The highest BCUT2D eigenvalue weighted by Crippen LogP contribution is 2.42. The fourth-order valence-electron chi connectivity index (χ4n) is 6.13. The lowest BCUT2D eigenvalue weighted by Gasteiger charge is -2.21. The second-order valence-corrected chi connectivity index (χ2v) is 10.8. The summed E-state index contributed by atoms with van der Waals surface area (Å²) in [6, 6.07) is 20.2. The molecular formula is C34H38FNO4. The third kappa shape index (κ3) is 5.92. The summed E-state index contributed by atoms with van der Waals surface area (Å²) >= 11 is 0. The van der Waals surface area contributed by atoms with Gasteiger partial charge in [-0.15, -0.1) is 0 Å². The minimum Gasteiger partial charge on any atom is -0.508 e. The van der Waals surface area contributed by atoms with Crippen molar-refractivity contribution < 1.29 is 23.8 Å². The average molecular weight is 544 g/mol. The number of fused-ring (bicyclic) bond motifs is 2. The number of hydrogen-bond acceptors (Lipinski definition) is 5. The van der Waals surface area contributed by atoms with E-state index in [-0.39, 0.29) is 38.3 Å². The number of carbonyl (C=O) groups is 1. The number of nitrogens with zero attached hydrogens (tertiary/aromatic N) is 1. The highest BCUT2D eigenvalue weighted by Gasteiger charge is 2.25. The lowest BCUT2D eigenvalue weighted by Crippen LogP contribution is -2.26.